The molecule has 0 aliphatic rings. The van der Waals surface area contributed by atoms with Crippen molar-refractivity contribution in [2.24, 2.45) is 0 Å². The highest BCUT2D eigenvalue weighted by molar-refractivity contribution is 5.74. The van der Waals surface area contributed by atoms with Crippen LogP contribution in [0, 0.1) is 0 Å². The Morgan fingerprint density at radius 2 is 0.884 bits per heavy atom. The fourth-order valence-corrected chi connectivity index (χ4v) is 5.37. The Labute approximate surface area is 248 Å². The number of phenols is 2. The number of fused-ring (bicyclic) bond motifs is 2. The summed E-state index contributed by atoms with van der Waals surface area (Å²) in [6.45, 7) is 0.222. The molecule has 4 aromatic carbocycles. The summed E-state index contributed by atoms with van der Waals surface area (Å²) in [4.78, 5) is 2.91. The summed E-state index contributed by atoms with van der Waals surface area (Å²) >= 11 is 0. The Hall–Kier alpha value is -4.80. The second kappa shape index (κ2) is 12.6. The second-order valence-electron chi connectivity index (χ2n) is 10.7. The molecule has 0 unspecified atom stereocenters. The van der Waals surface area contributed by atoms with Crippen molar-refractivity contribution in [1.29, 1.82) is 0 Å². The third-order valence-electron chi connectivity index (χ3n) is 7.59. The number of aliphatic hydroxyl groups excluding tert-OH is 2. The van der Waals surface area contributed by atoms with Gasteiger partial charge < -0.3 is 20.4 Å². The quantitative estimate of drug-likeness (QED) is 0.152. The zero-order valence-electron chi connectivity index (χ0n) is 23.8. The highest BCUT2D eigenvalue weighted by Crippen LogP contribution is 2.35. The summed E-state index contributed by atoms with van der Waals surface area (Å²) in [6.07, 6.45) is 4.53. The molecule has 0 fully saturated rings. The summed E-state index contributed by atoms with van der Waals surface area (Å²) in [5.41, 5.74) is 6.93. The van der Waals surface area contributed by atoms with Crippen LogP contribution in [0.4, 0.5) is 0 Å². The molecule has 0 spiro atoms. The molecule has 220 valence electrons. The van der Waals surface area contributed by atoms with Crippen LogP contribution < -0.4 is 0 Å². The highest BCUT2D eigenvalue weighted by atomic mass is 16.3. The van der Waals surface area contributed by atoms with E-state index in [0.717, 1.165) is 24.0 Å². The Morgan fingerprint density at radius 3 is 1.23 bits per heavy atom. The van der Waals surface area contributed by atoms with Gasteiger partial charge in [-0.15, -0.1) is 30.0 Å². The molecule has 0 aliphatic carbocycles. The molecular formula is C33H34N6O4. The molecule has 6 rings (SSSR count). The lowest BCUT2D eigenvalue weighted by molar-refractivity contribution is 0.284. The van der Waals surface area contributed by atoms with Gasteiger partial charge in [-0.05, 0) is 86.1 Å². The van der Waals surface area contributed by atoms with E-state index in [2.05, 4.69) is 20.4 Å². The predicted octanol–water partition coefficient (Wildman–Crippen LogP) is 4.79. The zero-order chi connectivity index (χ0) is 29.8. The number of unbranched alkanes of at least 4 members (excludes halogenated alkanes) is 2. The molecule has 0 atom stereocenters. The van der Waals surface area contributed by atoms with Crippen LogP contribution in [-0.4, -0.2) is 63.6 Å². The van der Waals surface area contributed by atoms with Gasteiger partial charge in [0.2, 0.25) is 0 Å². The van der Waals surface area contributed by atoms with Crippen molar-refractivity contribution in [3.05, 3.63) is 95.1 Å². The van der Waals surface area contributed by atoms with E-state index in [9.17, 15) is 20.4 Å². The summed E-state index contributed by atoms with van der Waals surface area (Å²) in [6, 6.07) is 22.7. The van der Waals surface area contributed by atoms with Crippen LogP contribution in [0.5, 0.6) is 11.5 Å². The minimum absolute atomic E-state index is 0.0285. The third-order valence-corrected chi connectivity index (χ3v) is 7.59. The first kappa shape index (κ1) is 28.3. The smallest absolute Gasteiger partial charge is 0.146 e. The monoisotopic (exact) mass is 578 g/mol. The normalized spacial score (nSPS) is 11.6. The number of hydrogen-bond donors (Lipinski definition) is 4. The van der Waals surface area contributed by atoms with E-state index in [1.165, 1.54) is 9.59 Å². The molecule has 0 aliphatic heterocycles. The molecule has 0 bridgehead atoms. The van der Waals surface area contributed by atoms with E-state index >= 15 is 0 Å². The average Bonchev–Trinajstić information content (AvgIpc) is 3.65. The van der Waals surface area contributed by atoms with Gasteiger partial charge in [0.1, 0.15) is 44.9 Å². The summed E-state index contributed by atoms with van der Waals surface area (Å²) in [5, 5.41) is 60.2. The molecule has 10 nitrogen and oxygen atoms in total. The average molecular weight is 579 g/mol. The van der Waals surface area contributed by atoms with E-state index in [0.29, 0.717) is 70.3 Å². The molecule has 4 N–H and O–H groups in total. The van der Waals surface area contributed by atoms with Gasteiger partial charge in [-0.2, -0.15) is 0 Å². The van der Waals surface area contributed by atoms with Crippen molar-refractivity contribution in [3.63, 3.8) is 0 Å². The van der Waals surface area contributed by atoms with Crippen molar-refractivity contribution in [3.8, 4) is 22.9 Å². The number of hydrogen-bond acceptors (Lipinski definition) is 8. The Kier molecular flexibility index (Phi) is 8.30. The van der Waals surface area contributed by atoms with Gasteiger partial charge in [0.15, 0.2) is 0 Å². The summed E-state index contributed by atoms with van der Waals surface area (Å²) < 4.78 is 0. The SMILES string of the molecule is OCCCCc1cc(Cc2cc(CCCCO)cc(-n3nc4ccccc4n3)c2O)c(O)c(-n2nc3ccccc3n2)c1. The first-order valence-corrected chi connectivity index (χ1v) is 14.6. The second-order valence-corrected chi connectivity index (χ2v) is 10.7. The van der Waals surface area contributed by atoms with Crippen LogP contribution >= 0.6 is 0 Å². The number of benzene rings is 4. The van der Waals surface area contributed by atoms with Crippen molar-refractivity contribution >= 4 is 22.1 Å². The zero-order valence-corrected chi connectivity index (χ0v) is 23.8. The summed E-state index contributed by atoms with van der Waals surface area (Å²) in [5.74, 6) is 0.0570. The number of aromatic nitrogens is 6. The van der Waals surface area contributed by atoms with Crippen molar-refractivity contribution in [2.75, 3.05) is 13.2 Å². The van der Waals surface area contributed by atoms with Crippen molar-refractivity contribution in [1.82, 2.24) is 30.0 Å². The summed E-state index contributed by atoms with van der Waals surface area (Å²) in [7, 11) is 0. The van der Waals surface area contributed by atoms with Crippen LogP contribution in [0.2, 0.25) is 0 Å². The van der Waals surface area contributed by atoms with Gasteiger partial charge in [0.05, 0.1) is 0 Å². The number of aliphatic hydroxyl groups is 2. The Bertz CT molecular complexity index is 1680. The van der Waals surface area contributed by atoms with Gasteiger partial charge >= 0.3 is 0 Å². The van der Waals surface area contributed by atoms with Crippen LogP contribution in [0.1, 0.15) is 47.9 Å². The van der Waals surface area contributed by atoms with E-state index in [1.54, 1.807) is 0 Å². The number of aromatic hydroxyl groups is 2. The molecule has 43 heavy (non-hydrogen) atoms. The molecular weight excluding hydrogens is 544 g/mol. The van der Waals surface area contributed by atoms with Crippen molar-refractivity contribution < 1.29 is 20.4 Å². The number of aryl methyl sites for hydroxylation is 2. The molecule has 0 saturated carbocycles. The van der Waals surface area contributed by atoms with Crippen LogP contribution in [-0.2, 0) is 19.3 Å². The fraction of sp³-hybridized carbons (Fsp3) is 0.273. The highest BCUT2D eigenvalue weighted by Gasteiger charge is 2.20. The van der Waals surface area contributed by atoms with Crippen LogP contribution in [0.25, 0.3) is 33.4 Å². The standard InChI is InChI=1S/C33H34N6O4/c40-15-7-5-9-22-17-24(32(42)30(19-22)38-34-26-11-1-2-12-27(26)35-38)21-25-18-23(10-6-8-16-41)20-31(33(25)43)39-36-28-13-3-4-14-29(28)37-39/h1-4,11-14,17-20,40-43H,5-10,15-16,21H2. The Balaban J connectivity index is 1.44. The minimum Gasteiger partial charge on any atom is -0.505 e. The van der Waals surface area contributed by atoms with E-state index in [1.807, 2.05) is 72.8 Å². The van der Waals surface area contributed by atoms with Crippen molar-refractivity contribution in [2.45, 2.75) is 44.9 Å². The molecule has 0 amide bonds. The van der Waals surface area contributed by atoms with Gasteiger partial charge in [0.25, 0.3) is 0 Å². The fourth-order valence-electron chi connectivity index (χ4n) is 5.37. The van der Waals surface area contributed by atoms with Gasteiger partial charge in [-0.3, -0.25) is 0 Å². The van der Waals surface area contributed by atoms with Crippen LogP contribution in [0.15, 0.2) is 72.8 Å². The van der Waals surface area contributed by atoms with Gasteiger partial charge in [0, 0.05) is 30.8 Å². The Morgan fingerprint density at radius 1 is 0.512 bits per heavy atom. The molecule has 0 radical (unpaired) electrons. The first-order valence-electron chi connectivity index (χ1n) is 14.6. The van der Waals surface area contributed by atoms with E-state index in [4.69, 9.17) is 0 Å². The van der Waals surface area contributed by atoms with Crippen LogP contribution in [0.3, 0.4) is 0 Å². The molecule has 6 aromatic rings. The predicted molar refractivity (Wildman–Crippen MR) is 164 cm³/mol. The van der Waals surface area contributed by atoms with E-state index in [-0.39, 0.29) is 31.1 Å². The third kappa shape index (κ3) is 6.06. The maximum absolute atomic E-state index is 11.6. The number of nitrogens with zero attached hydrogens (tertiary/aromatic N) is 6. The largest absolute Gasteiger partial charge is 0.505 e. The molecule has 0 saturated heterocycles. The maximum atomic E-state index is 11.6. The topological polar surface area (TPSA) is 142 Å². The number of phenolic OH excluding ortho intramolecular Hbond substituents is 2. The van der Waals surface area contributed by atoms with E-state index < -0.39 is 0 Å². The molecule has 2 aromatic heterocycles. The minimum atomic E-state index is 0.0285. The number of rotatable bonds is 12. The molecule has 10 heteroatoms. The first-order chi connectivity index (χ1) is 21.0. The lowest BCUT2D eigenvalue weighted by atomic mass is 9.95. The van der Waals surface area contributed by atoms with Gasteiger partial charge in [-0.1, -0.05) is 36.4 Å². The van der Waals surface area contributed by atoms with Gasteiger partial charge in [-0.25, -0.2) is 0 Å². The lowest BCUT2D eigenvalue weighted by Gasteiger charge is -2.16. The lowest BCUT2D eigenvalue weighted by Crippen LogP contribution is -2.06. The molecule has 2 heterocycles. The maximum Gasteiger partial charge on any atom is 0.146 e.